The molecule has 0 unspecified atom stereocenters. The lowest BCUT2D eigenvalue weighted by atomic mass is 9.90. The van der Waals surface area contributed by atoms with E-state index in [1.165, 1.54) is 0 Å². The van der Waals surface area contributed by atoms with Gasteiger partial charge in [0, 0.05) is 19.8 Å². The summed E-state index contributed by atoms with van der Waals surface area (Å²) in [7, 11) is 4.04. The van der Waals surface area contributed by atoms with Crippen LogP contribution in [-0.4, -0.2) is 56.7 Å². The molecule has 1 saturated heterocycles. The van der Waals surface area contributed by atoms with E-state index in [1.54, 1.807) is 0 Å². The van der Waals surface area contributed by atoms with E-state index in [1.807, 2.05) is 14.1 Å². The Morgan fingerprint density at radius 2 is 2.06 bits per heavy atom. The molecule has 0 atom stereocenters. The molecule has 1 aliphatic rings. The summed E-state index contributed by atoms with van der Waals surface area (Å²) in [4.78, 5) is 14.0. The lowest BCUT2D eigenvalue weighted by Crippen LogP contribution is -2.57. The van der Waals surface area contributed by atoms with Gasteiger partial charge in [-0.1, -0.05) is 0 Å². The number of carbonyl (C=O) groups is 1. The first-order valence-corrected chi connectivity index (χ1v) is 5.84. The molecule has 3 N–H and O–H groups in total. The second-order valence-electron chi connectivity index (χ2n) is 4.68. The summed E-state index contributed by atoms with van der Waals surface area (Å²) in [6, 6.07) is 0. The second kappa shape index (κ2) is 6.18. The van der Waals surface area contributed by atoms with Crippen LogP contribution >= 0.6 is 0 Å². The number of nitrogens with zero attached hydrogens (tertiary/aromatic N) is 1. The third-order valence-electron chi connectivity index (χ3n) is 2.90. The maximum atomic E-state index is 11.9. The van der Waals surface area contributed by atoms with Gasteiger partial charge in [0.1, 0.15) is 0 Å². The van der Waals surface area contributed by atoms with Crippen molar-refractivity contribution in [2.24, 2.45) is 5.73 Å². The molecule has 1 rings (SSSR count). The van der Waals surface area contributed by atoms with Crippen molar-refractivity contribution in [1.82, 2.24) is 10.2 Å². The lowest BCUT2D eigenvalue weighted by molar-refractivity contribution is -0.129. The molecule has 1 aliphatic heterocycles. The van der Waals surface area contributed by atoms with Crippen molar-refractivity contribution in [3.8, 4) is 0 Å². The van der Waals surface area contributed by atoms with E-state index in [4.69, 9.17) is 10.5 Å². The van der Waals surface area contributed by atoms with E-state index >= 15 is 0 Å². The van der Waals surface area contributed by atoms with Gasteiger partial charge < -0.3 is 20.7 Å². The van der Waals surface area contributed by atoms with E-state index in [2.05, 4.69) is 10.2 Å². The van der Waals surface area contributed by atoms with Gasteiger partial charge in [0.15, 0.2) is 0 Å². The third kappa shape index (κ3) is 4.08. The number of rotatable bonds is 5. The molecule has 0 aromatic heterocycles. The Balaban J connectivity index is 2.23. The Hall–Kier alpha value is -0.650. The molecular weight excluding hydrogens is 206 g/mol. The molecule has 0 aliphatic carbocycles. The molecule has 1 amide bonds. The molecule has 0 aromatic rings. The first-order chi connectivity index (χ1) is 7.54. The number of nitrogens with one attached hydrogen (secondary N) is 1. The molecule has 0 bridgehead atoms. The zero-order chi connectivity index (χ0) is 12.0. The van der Waals surface area contributed by atoms with E-state index in [-0.39, 0.29) is 5.91 Å². The van der Waals surface area contributed by atoms with E-state index in [0.717, 1.165) is 13.0 Å². The van der Waals surface area contributed by atoms with Crippen molar-refractivity contribution in [3.63, 3.8) is 0 Å². The first-order valence-electron chi connectivity index (χ1n) is 5.84. The van der Waals surface area contributed by atoms with Crippen LogP contribution in [-0.2, 0) is 9.53 Å². The fourth-order valence-electron chi connectivity index (χ4n) is 1.74. The fourth-order valence-corrected chi connectivity index (χ4v) is 1.74. The van der Waals surface area contributed by atoms with Crippen LogP contribution in [0.2, 0.25) is 0 Å². The zero-order valence-corrected chi connectivity index (χ0v) is 10.3. The average molecular weight is 229 g/mol. The Bertz CT molecular complexity index is 225. The molecular formula is C11H23N3O2. The Morgan fingerprint density at radius 1 is 1.44 bits per heavy atom. The molecule has 1 heterocycles. The van der Waals surface area contributed by atoms with Gasteiger partial charge in [0.2, 0.25) is 5.91 Å². The van der Waals surface area contributed by atoms with E-state index in [9.17, 15) is 4.79 Å². The van der Waals surface area contributed by atoms with Crippen LogP contribution in [0.3, 0.4) is 0 Å². The number of nitrogens with two attached hydrogens (primary N) is 1. The SMILES string of the molecule is CN(C)CCCNC(=O)C1(N)CCOCC1. The summed E-state index contributed by atoms with van der Waals surface area (Å²) in [5.41, 5.74) is 5.33. The molecule has 1 fully saturated rings. The van der Waals surface area contributed by atoms with E-state index < -0.39 is 5.54 Å². The Morgan fingerprint density at radius 3 is 2.62 bits per heavy atom. The van der Waals surface area contributed by atoms with Crippen LogP contribution in [0.4, 0.5) is 0 Å². The minimum absolute atomic E-state index is 0.0328. The van der Waals surface area contributed by atoms with Crippen molar-refractivity contribution < 1.29 is 9.53 Å². The van der Waals surface area contributed by atoms with Crippen molar-refractivity contribution in [2.45, 2.75) is 24.8 Å². The van der Waals surface area contributed by atoms with Crippen molar-refractivity contribution in [3.05, 3.63) is 0 Å². The summed E-state index contributed by atoms with van der Waals surface area (Å²) in [5, 5.41) is 2.90. The lowest BCUT2D eigenvalue weighted by Gasteiger charge is -2.31. The van der Waals surface area contributed by atoms with Crippen molar-refractivity contribution in [1.29, 1.82) is 0 Å². The average Bonchev–Trinajstić information content (AvgIpc) is 2.25. The summed E-state index contributed by atoms with van der Waals surface area (Å²) >= 11 is 0. The van der Waals surface area contributed by atoms with Crippen LogP contribution in [0, 0.1) is 0 Å². The van der Waals surface area contributed by atoms with Gasteiger partial charge in [0.05, 0.1) is 5.54 Å². The minimum atomic E-state index is -0.712. The number of hydrogen-bond acceptors (Lipinski definition) is 4. The van der Waals surface area contributed by atoms with E-state index in [0.29, 0.717) is 32.6 Å². The Kier molecular flexibility index (Phi) is 5.18. The zero-order valence-electron chi connectivity index (χ0n) is 10.3. The Labute approximate surface area is 97.3 Å². The van der Waals surface area contributed by atoms with Gasteiger partial charge in [0.25, 0.3) is 0 Å². The van der Waals surface area contributed by atoms with Crippen LogP contribution in [0.5, 0.6) is 0 Å². The highest BCUT2D eigenvalue weighted by molar-refractivity contribution is 5.86. The van der Waals surface area contributed by atoms with Crippen LogP contribution in [0.1, 0.15) is 19.3 Å². The third-order valence-corrected chi connectivity index (χ3v) is 2.90. The topological polar surface area (TPSA) is 67.6 Å². The highest BCUT2D eigenvalue weighted by Crippen LogP contribution is 2.17. The monoisotopic (exact) mass is 229 g/mol. The summed E-state index contributed by atoms with van der Waals surface area (Å²) in [5.74, 6) is -0.0328. The van der Waals surface area contributed by atoms with Gasteiger partial charge in [-0.15, -0.1) is 0 Å². The normalized spacial score (nSPS) is 19.8. The molecule has 94 valence electrons. The maximum absolute atomic E-state index is 11.9. The maximum Gasteiger partial charge on any atom is 0.240 e. The van der Waals surface area contributed by atoms with Crippen LogP contribution < -0.4 is 11.1 Å². The minimum Gasteiger partial charge on any atom is -0.381 e. The number of ether oxygens (including phenoxy) is 1. The fraction of sp³-hybridized carbons (Fsp3) is 0.909. The summed E-state index contributed by atoms with van der Waals surface area (Å²) in [6.45, 7) is 2.83. The highest BCUT2D eigenvalue weighted by atomic mass is 16.5. The standard InChI is InChI=1S/C11H23N3O2/c1-14(2)7-3-6-13-10(15)11(12)4-8-16-9-5-11/h3-9,12H2,1-2H3,(H,13,15). The first kappa shape index (κ1) is 13.4. The van der Waals surface area contributed by atoms with Gasteiger partial charge in [-0.3, -0.25) is 4.79 Å². The number of amides is 1. The largest absolute Gasteiger partial charge is 0.381 e. The van der Waals surface area contributed by atoms with Crippen LogP contribution in [0.15, 0.2) is 0 Å². The van der Waals surface area contributed by atoms with Crippen molar-refractivity contribution in [2.75, 3.05) is 40.4 Å². The molecule has 0 saturated carbocycles. The number of hydrogen-bond donors (Lipinski definition) is 2. The van der Waals surface area contributed by atoms with Gasteiger partial charge in [-0.2, -0.15) is 0 Å². The van der Waals surface area contributed by atoms with Crippen molar-refractivity contribution >= 4 is 5.91 Å². The predicted octanol–water partition coefficient (Wildman–Crippen LogP) is -0.438. The molecule has 5 nitrogen and oxygen atoms in total. The second-order valence-corrected chi connectivity index (χ2v) is 4.68. The quantitative estimate of drug-likeness (QED) is 0.627. The smallest absolute Gasteiger partial charge is 0.240 e. The van der Waals surface area contributed by atoms with Gasteiger partial charge in [-0.25, -0.2) is 0 Å². The molecule has 0 spiro atoms. The van der Waals surface area contributed by atoms with Gasteiger partial charge in [-0.05, 0) is 39.9 Å². The molecule has 16 heavy (non-hydrogen) atoms. The summed E-state index contributed by atoms with van der Waals surface area (Å²) in [6.07, 6.45) is 2.18. The molecule has 5 heteroatoms. The van der Waals surface area contributed by atoms with Gasteiger partial charge >= 0.3 is 0 Å². The number of carbonyl (C=O) groups excluding carboxylic acids is 1. The molecule has 0 aromatic carbocycles. The summed E-state index contributed by atoms with van der Waals surface area (Å²) < 4.78 is 5.21. The highest BCUT2D eigenvalue weighted by Gasteiger charge is 2.35. The van der Waals surface area contributed by atoms with Crippen LogP contribution in [0.25, 0.3) is 0 Å². The molecule has 0 radical (unpaired) electrons. The predicted molar refractivity (Wildman–Crippen MR) is 63.2 cm³/mol.